The average molecular weight is 321 g/mol. The number of nitrogens with zero attached hydrogens (tertiary/aromatic N) is 3. The normalized spacial score (nSPS) is 14.2. The Morgan fingerprint density at radius 3 is 2.92 bits per heavy atom. The minimum Gasteiger partial charge on any atom is -0.336 e. The number of rotatable bonds is 3. The first-order valence-corrected chi connectivity index (χ1v) is 7.77. The van der Waals surface area contributed by atoms with Crippen LogP contribution in [-0.4, -0.2) is 27.7 Å². The maximum Gasteiger partial charge on any atom is 0.178 e. The summed E-state index contributed by atoms with van der Waals surface area (Å²) in [5, 5.41) is 0. The fourth-order valence-electron chi connectivity index (χ4n) is 2.86. The van der Waals surface area contributed by atoms with Gasteiger partial charge in [-0.15, -0.1) is 0 Å². The van der Waals surface area contributed by atoms with E-state index < -0.39 is 0 Å². The number of halogens is 1. The van der Waals surface area contributed by atoms with Crippen LogP contribution in [0, 0.1) is 5.82 Å². The van der Waals surface area contributed by atoms with Gasteiger partial charge in [0.15, 0.2) is 5.65 Å². The lowest BCUT2D eigenvalue weighted by Crippen LogP contribution is -1.99. The molecule has 24 heavy (non-hydrogen) atoms. The average Bonchev–Trinajstić information content (AvgIpc) is 3.06. The van der Waals surface area contributed by atoms with Crippen LogP contribution in [-0.2, 0) is 6.54 Å². The number of nitrogens with two attached hydrogens (primary N) is 1. The Bertz CT molecular complexity index is 971. The van der Waals surface area contributed by atoms with Crippen LogP contribution >= 0.6 is 0 Å². The lowest BCUT2D eigenvalue weighted by atomic mass is 10.0. The summed E-state index contributed by atoms with van der Waals surface area (Å²) in [6, 6.07) is 6.95. The highest BCUT2D eigenvalue weighted by Crippen LogP contribution is 2.29. The number of dihydropyridines is 1. The molecule has 0 saturated heterocycles. The van der Waals surface area contributed by atoms with Gasteiger partial charge in [-0.05, 0) is 23.3 Å². The lowest BCUT2D eigenvalue weighted by Gasteiger charge is -2.06. The highest BCUT2D eigenvalue weighted by Gasteiger charge is 2.14. The minimum atomic E-state index is -0.300. The standard InChI is InChI=1S/C18H16FN5/c19-15-9-12(1-2-13(15)10-20)14-5-8-22-18-16(14)23-17(24-18)11-3-6-21-7-4-11/h1-3,5,7-9H,4,6,10,20H2,(H,22,23,24). The Balaban J connectivity index is 1.82. The molecule has 0 radical (unpaired) electrons. The number of allylic oxidation sites excluding steroid dienone is 1. The van der Waals surface area contributed by atoms with Gasteiger partial charge >= 0.3 is 0 Å². The molecule has 3 aromatic rings. The molecular weight excluding hydrogens is 305 g/mol. The zero-order valence-electron chi connectivity index (χ0n) is 13.0. The number of aromatic nitrogens is 3. The number of benzene rings is 1. The van der Waals surface area contributed by atoms with Crippen molar-refractivity contribution < 1.29 is 4.39 Å². The van der Waals surface area contributed by atoms with Gasteiger partial charge in [-0.1, -0.05) is 18.2 Å². The van der Waals surface area contributed by atoms with E-state index in [9.17, 15) is 4.39 Å². The molecule has 5 nitrogen and oxygen atoms in total. The molecule has 3 heterocycles. The van der Waals surface area contributed by atoms with Crippen molar-refractivity contribution in [2.45, 2.75) is 13.0 Å². The van der Waals surface area contributed by atoms with Crippen LogP contribution < -0.4 is 5.73 Å². The second kappa shape index (κ2) is 5.98. The maximum atomic E-state index is 14.1. The number of hydrogen-bond acceptors (Lipinski definition) is 4. The third-order valence-electron chi connectivity index (χ3n) is 4.16. The van der Waals surface area contributed by atoms with Crippen molar-refractivity contribution >= 4 is 23.0 Å². The molecular formula is C18H16FN5. The van der Waals surface area contributed by atoms with Crippen LogP contribution in [0.25, 0.3) is 27.9 Å². The van der Waals surface area contributed by atoms with Gasteiger partial charge in [0.05, 0.1) is 12.1 Å². The van der Waals surface area contributed by atoms with Crippen molar-refractivity contribution in [2.75, 3.05) is 6.54 Å². The topological polar surface area (TPSA) is 79.9 Å². The van der Waals surface area contributed by atoms with Crippen molar-refractivity contribution in [3.63, 3.8) is 0 Å². The van der Waals surface area contributed by atoms with Crippen molar-refractivity contribution in [1.29, 1.82) is 0 Å². The zero-order valence-corrected chi connectivity index (χ0v) is 13.0. The van der Waals surface area contributed by atoms with E-state index in [0.29, 0.717) is 17.8 Å². The summed E-state index contributed by atoms with van der Waals surface area (Å²) >= 11 is 0. The number of imidazole rings is 1. The van der Waals surface area contributed by atoms with Gasteiger partial charge in [0, 0.05) is 36.5 Å². The monoisotopic (exact) mass is 321 g/mol. The van der Waals surface area contributed by atoms with Crippen molar-refractivity contribution in [1.82, 2.24) is 15.0 Å². The number of fused-ring (bicyclic) bond motifs is 1. The largest absolute Gasteiger partial charge is 0.336 e. The number of H-pyrrole nitrogens is 1. The third kappa shape index (κ3) is 2.51. The summed E-state index contributed by atoms with van der Waals surface area (Å²) in [6.07, 6.45) is 6.37. The third-order valence-corrected chi connectivity index (χ3v) is 4.16. The highest BCUT2D eigenvalue weighted by atomic mass is 19.1. The Labute approximate surface area is 138 Å². The van der Waals surface area contributed by atoms with Crippen molar-refractivity contribution in [3.8, 4) is 11.1 Å². The molecule has 1 aliphatic heterocycles. The molecule has 0 atom stereocenters. The van der Waals surface area contributed by atoms with E-state index in [2.05, 4.69) is 19.9 Å². The van der Waals surface area contributed by atoms with E-state index in [-0.39, 0.29) is 12.4 Å². The fraction of sp³-hybridized carbons (Fsp3) is 0.167. The molecule has 2 aromatic heterocycles. The quantitative estimate of drug-likeness (QED) is 0.778. The SMILES string of the molecule is NCc1ccc(-c2ccnc3nc(C4=CCN=CC4)[nH]c23)cc1F. The number of aromatic amines is 1. The Morgan fingerprint density at radius 1 is 1.25 bits per heavy atom. The van der Waals surface area contributed by atoms with E-state index in [0.717, 1.165) is 34.5 Å². The van der Waals surface area contributed by atoms with Crippen molar-refractivity contribution in [3.05, 3.63) is 53.7 Å². The summed E-state index contributed by atoms with van der Waals surface area (Å²) in [5.41, 5.74) is 10.2. The summed E-state index contributed by atoms with van der Waals surface area (Å²) in [5.74, 6) is 0.487. The van der Waals surface area contributed by atoms with Crippen LogP contribution in [0.3, 0.4) is 0 Å². The predicted octanol–water partition coefficient (Wildman–Crippen LogP) is 3.08. The summed E-state index contributed by atoms with van der Waals surface area (Å²) in [7, 11) is 0. The van der Waals surface area contributed by atoms with E-state index in [1.54, 1.807) is 12.3 Å². The molecule has 1 aromatic carbocycles. The molecule has 1 aliphatic rings. The van der Waals surface area contributed by atoms with Crippen molar-refractivity contribution in [2.24, 2.45) is 10.7 Å². The number of hydrogen-bond donors (Lipinski definition) is 2. The van der Waals surface area contributed by atoms with Crippen LogP contribution in [0.15, 0.2) is 41.5 Å². The molecule has 0 saturated carbocycles. The Morgan fingerprint density at radius 2 is 2.17 bits per heavy atom. The molecule has 0 fully saturated rings. The molecule has 0 bridgehead atoms. The van der Waals surface area contributed by atoms with Gasteiger partial charge < -0.3 is 10.7 Å². The Kier molecular flexibility index (Phi) is 3.66. The molecule has 4 rings (SSSR count). The van der Waals surface area contributed by atoms with E-state index >= 15 is 0 Å². The molecule has 0 aliphatic carbocycles. The van der Waals surface area contributed by atoms with Gasteiger partial charge in [0.25, 0.3) is 0 Å². The van der Waals surface area contributed by atoms with E-state index in [4.69, 9.17) is 5.73 Å². The summed E-state index contributed by atoms with van der Waals surface area (Å²) in [4.78, 5) is 16.4. The predicted molar refractivity (Wildman–Crippen MR) is 93.1 cm³/mol. The van der Waals surface area contributed by atoms with Gasteiger partial charge in [0.2, 0.25) is 0 Å². The second-order valence-corrected chi connectivity index (χ2v) is 5.63. The molecule has 0 unspecified atom stereocenters. The number of pyridine rings is 1. The number of aliphatic imine (C=N–C) groups is 1. The molecule has 120 valence electrons. The van der Waals surface area contributed by atoms with Gasteiger partial charge in [-0.2, -0.15) is 0 Å². The molecule has 3 N–H and O–H groups in total. The maximum absolute atomic E-state index is 14.1. The number of nitrogens with one attached hydrogen (secondary N) is 1. The van der Waals surface area contributed by atoms with E-state index in [1.807, 2.05) is 24.4 Å². The highest BCUT2D eigenvalue weighted by molar-refractivity contribution is 5.92. The first-order valence-electron chi connectivity index (χ1n) is 7.77. The Hall–Kier alpha value is -2.86. The van der Waals surface area contributed by atoms with Crippen LogP contribution in [0.5, 0.6) is 0 Å². The van der Waals surface area contributed by atoms with Gasteiger partial charge in [0.1, 0.15) is 11.6 Å². The van der Waals surface area contributed by atoms with Crippen LogP contribution in [0.4, 0.5) is 4.39 Å². The van der Waals surface area contributed by atoms with E-state index in [1.165, 1.54) is 6.07 Å². The van der Waals surface area contributed by atoms with Crippen LogP contribution in [0.1, 0.15) is 17.8 Å². The summed E-state index contributed by atoms with van der Waals surface area (Å²) < 4.78 is 14.1. The molecule has 6 heteroatoms. The zero-order chi connectivity index (χ0) is 16.5. The van der Waals surface area contributed by atoms with Crippen LogP contribution in [0.2, 0.25) is 0 Å². The molecule has 0 spiro atoms. The second-order valence-electron chi connectivity index (χ2n) is 5.63. The van der Waals surface area contributed by atoms with Gasteiger partial charge in [-0.25, -0.2) is 14.4 Å². The first-order chi connectivity index (χ1) is 11.8. The minimum absolute atomic E-state index is 0.182. The lowest BCUT2D eigenvalue weighted by molar-refractivity contribution is 0.611. The fourth-order valence-corrected chi connectivity index (χ4v) is 2.86. The van der Waals surface area contributed by atoms with Gasteiger partial charge in [-0.3, -0.25) is 4.99 Å². The smallest absolute Gasteiger partial charge is 0.178 e. The molecule has 0 amide bonds. The first kappa shape index (κ1) is 14.7. The summed E-state index contributed by atoms with van der Waals surface area (Å²) in [6.45, 7) is 0.847.